The number of aryl methyl sites for hydroxylation is 2. The van der Waals surface area contributed by atoms with Gasteiger partial charge in [-0.25, -0.2) is 0 Å². The van der Waals surface area contributed by atoms with Crippen LogP contribution >= 0.6 is 0 Å². The summed E-state index contributed by atoms with van der Waals surface area (Å²) in [4.78, 5) is 25.0. The number of amides is 1. The lowest BCUT2D eigenvalue weighted by atomic mass is 9.83. The quantitative estimate of drug-likeness (QED) is 0.818. The van der Waals surface area contributed by atoms with Crippen molar-refractivity contribution in [3.8, 4) is 0 Å². The van der Waals surface area contributed by atoms with E-state index >= 15 is 0 Å². The van der Waals surface area contributed by atoms with Crippen molar-refractivity contribution < 1.29 is 14.7 Å². The molecule has 0 saturated carbocycles. The van der Waals surface area contributed by atoms with E-state index in [1.54, 1.807) is 0 Å². The molecule has 1 amide bonds. The second-order valence-corrected chi connectivity index (χ2v) is 8.50. The number of benzene rings is 1. The van der Waals surface area contributed by atoms with Gasteiger partial charge in [0.1, 0.15) is 0 Å². The third-order valence-corrected chi connectivity index (χ3v) is 5.25. The van der Waals surface area contributed by atoms with Crippen molar-refractivity contribution >= 4 is 11.9 Å². The maximum absolute atomic E-state index is 12.1. The van der Waals surface area contributed by atoms with Crippen LogP contribution in [0.4, 0.5) is 0 Å². The second kappa shape index (κ2) is 8.21. The van der Waals surface area contributed by atoms with E-state index in [2.05, 4.69) is 52.1 Å². The maximum Gasteiger partial charge on any atom is 0.307 e. The summed E-state index contributed by atoms with van der Waals surface area (Å²) in [5.41, 5.74) is 5.31. The van der Waals surface area contributed by atoms with Crippen molar-refractivity contribution in [1.29, 1.82) is 0 Å². The Kier molecular flexibility index (Phi) is 6.45. The zero-order chi connectivity index (χ0) is 19.5. The molecule has 144 valence electrons. The van der Waals surface area contributed by atoms with Crippen LogP contribution in [0.2, 0.25) is 0 Å². The fraction of sp³-hybridized carbons (Fsp3) is 0.619. The zero-order valence-electron chi connectivity index (χ0n) is 16.7. The Balaban J connectivity index is 1.84. The highest BCUT2D eigenvalue weighted by Gasteiger charge is 2.28. The van der Waals surface area contributed by atoms with Crippen molar-refractivity contribution in [2.75, 3.05) is 26.2 Å². The van der Waals surface area contributed by atoms with E-state index in [0.29, 0.717) is 26.1 Å². The van der Waals surface area contributed by atoms with Crippen LogP contribution in [0.5, 0.6) is 0 Å². The number of hydrogen-bond acceptors (Lipinski definition) is 3. The molecular weight excluding hydrogens is 328 g/mol. The zero-order valence-corrected chi connectivity index (χ0v) is 16.7. The average molecular weight is 360 g/mol. The number of aliphatic carboxylic acids is 1. The van der Waals surface area contributed by atoms with E-state index in [1.165, 1.54) is 22.3 Å². The number of likely N-dealkylation sites (tertiary alicyclic amines) is 1. The molecule has 1 aliphatic rings. The number of carbonyl (C=O) groups excluding carboxylic acids is 1. The van der Waals surface area contributed by atoms with E-state index < -0.39 is 5.97 Å². The van der Waals surface area contributed by atoms with Gasteiger partial charge < -0.3 is 10.4 Å². The Labute approximate surface area is 156 Å². The van der Waals surface area contributed by atoms with Crippen molar-refractivity contribution in [2.24, 2.45) is 5.92 Å². The number of rotatable bonds is 6. The molecule has 5 nitrogen and oxygen atoms in total. The van der Waals surface area contributed by atoms with Gasteiger partial charge in [0, 0.05) is 13.1 Å². The van der Waals surface area contributed by atoms with Gasteiger partial charge in [-0.05, 0) is 60.9 Å². The molecule has 0 spiro atoms. The Morgan fingerprint density at radius 2 is 1.85 bits per heavy atom. The van der Waals surface area contributed by atoms with Gasteiger partial charge in [-0.1, -0.05) is 32.9 Å². The first-order valence-corrected chi connectivity index (χ1v) is 9.40. The maximum atomic E-state index is 12.1. The highest BCUT2D eigenvalue weighted by Crippen LogP contribution is 2.27. The topological polar surface area (TPSA) is 69.6 Å². The molecule has 2 rings (SSSR count). The van der Waals surface area contributed by atoms with Crippen LogP contribution in [0.1, 0.15) is 49.4 Å². The molecule has 1 heterocycles. The molecule has 1 aliphatic heterocycles. The van der Waals surface area contributed by atoms with Crippen molar-refractivity contribution in [3.05, 3.63) is 34.4 Å². The normalized spacial score (nSPS) is 18.1. The van der Waals surface area contributed by atoms with Gasteiger partial charge in [0.25, 0.3) is 0 Å². The summed E-state index contributed by atoms with van der Waals surface area (Å²) in [6, 6.07) is 4.50. The first kappa shape index (κ1) is 20.4. The third kappa shape index (κ3) is 5.31. The minimum absolute atomic E-state index is 0.0299. The minimum Gasteiger partial charge on any atom is -0.481 e. The Hall–Kier alpha value is -1.88. The molecule has 1 fully saturated rings. The molecule has 0 bridgehead atoms. The number of carboxylic acid groups (broad SMARTS) is 1. The molecule has 1 aromatic rings. The van der Waals surface area contributed by atoms with Crippen LogP contribution in [0, 0.1) is 19.8 Å². The van der Waals surface area contributed by atoms with E-state index in [1.807, 2.05) is 4.90 Å². The monoisotopic (exact) mass is 360 g/mol. The highest BCUT2D eigenvalue weighted by atomic mass is 16.4. The van der Waals surface area contributed by atoms with E-state index in [0.717, 1.165) is 6.42 Å². The summed E-state index contributed by atoms with van der Waals surface area (Å²) in [5.74, 6) is -1.13. The fourth-order valence-corrected chi connectivity index (χ4v) is 3.58. The highest BCUT2D eigenvalue weighted by molar-refractivity contribution is 5.78. The van der Waals surface area contributed by atoms with Gasteiger partial charge in [-0.3, -0.25) is 14.5 Å². The van der Waals surface area contributed by atoms with E-state index in [9.17, 15) is 9.59 Å². The summed E-state index contributed by atoms with van der Waals surface area (Å²) in [6.07, 6.45) is 1.44. The standard InChI is InChI=1S/C21H32N2O3/c1-14-10-17(21(3,4)5)11-15(2)18(14)6-8-22-19(24)13-23-9-7-16(12-23)20(25)26/h10-11,16H,6-9,12-13H2,1-5H3,(H,22,24)(H,25,26). The number of nitrogens with one attached hydrogen (secondary N) is 1. The average Bonchev–Trinajstić information content (AvgIpc) is 2.97. The lowest BCUT2D eigenvalue weighted by Gasteiger charge is -2.22. The summed E-state index contributed by atoms with van der Waals surface area (Å²) in [6.45, 7) is 12.9. The van der Waals surface area contributed by atoms with Gasteiger partial charge in [-0.2, -0.15) is 0 Å². The van der Waals surface area contributed by atoms with Crippen LogP contribution in [0.25, 0.3) is 0 Å². The van der Waals surface area contributed by atoms with Gasteiger partial charge in [0.2, 0.25) is 5.91 Å². The third-order valence-electron chi connectivity index (χ3n) is 5.25. The van der Waals surface area contributed by atoms with Crippen LogP contribution in [-0.2, 0) is 21.4 Å². The molecule has 26 heavy (non-hydrogen) atoms. The summed E-state index contributed by atoms with van der Waals surface area (Å²) in [5, 5.41) is 12.0. The second-order valence-electron chi connectivity index (χ2n) is 8.50. The molecule has 0 radical (unpaired) electrons. The van der Waals surface area contributed by atoms with E-state index in [-0.39, 0.29) is 23.8 Å². The first-order chi connectivity index (χ1) is 12.1. The van der Waals surface area contributed by atoms with Crippen molar-refractivity contribution in [1.82, 2.24) is 10.2 Å². The molecule has 1 aromatic carbocycles. The van der Waals surface area contributed by atoms with Gasteiger partial charge in [0.15, 0.2) is 0 Å². The lowest BCUT2D eigenvalue weighted by Crippen LogP contribution is -2.37. The molecule has 1 unspecified atom stereocenters. The molecular formula is C21H32N2O3. The molecule has 1 saturated heterocycles. The van der Waals surface area contributed by atoms with Gasteiger partial charge in [0.05, 0.1) is 12.5 Å². The van der Waals surface area contributed by atoms with Crippen molar-refractivity contribution in [2.45, 2.75) is 52.9 Å². The molecule has 5 heteroatoms. The fourth-order valence-electron chi connectivity index (χ4n) is 3.58. The van der Waals surface area contributed by atoms with Crippen LogP contribution < -0.4 is 5.32 Å². The van der Waals surface area contributed by atoms with Crippen LogP contribution in [0.15, 0.2) is 12.1 Å². The summed E-state index contributed by atoms with van der Waals surface area (Å²) in [7, 11) is 0. The van der Waals surface area contributed by atoms with Gasteiger partial charge in [-0.15, -0.1) is 0 Å². The van der Waals surface area contributed by atoms with Crippen molar-refractivity contribution in [3.63, 3.8) is 0 Å². The van der Waals surface area contributed by atoms with Gasteiger partial charge >= 0.3 is 5.97 Å². The molecule has 0 aliphatic carbocycles. The Bertz CT molecular complexity index is 653. The van der Waals surface area contributed by atoms with Crippen LogP contribution in [0.3, 0.4) is 0 Å². The van der Waals surface area contributed by atoms with E-state index in [4.69, 9.17) is 5.11 Å². The first-order valence-electron chi connectivity index (χ1n) is 9.40. The molecule has 1 atom stereocenters. The molecule has 0 aromatic heterocycles. The Morgan fingerprint density at radius 3 is 2.35 bits per heavy atom. The number of nitrogens with zero attached hydrogens (tertiary/aromatic N) is 1. The predicted molar refractivity (Wildman–Crippen MR) is 104 cm³/mol. The molecule has 2 N–H and O–H groups in total. The number of hydrogen-bond donors (Lipinski definition) is 2. The predicted octanol–water partition coefficient (Wildman–Crippen LogP) is 2.67. The summed E-state index contributed by atoms with van der Waals surface area (Å²) < 4.78 is 0. The smallest absolute Gasteiger partial charge is 0.307 e. The largest absolute Gasteiger partial charge is 0.481 e. The minimum atomic E-state index is -0.766. The lowest BCUT2D eigenvalue weighted by molar-refractivity contribution is -0.141. The summed E-state index contributed by atoms with van der Waals surface area (Å²) >= 11 is 0. The number of carboxylic acids is 1. The van der Waals surface area contributed by atoms with Crippen LogP contribution in [-0.4, -0.2) is 48.1 Å². The number of carbonyl (C=O) groups is 2. The SMILES string of the molecule is Cc1cc(C(C)(C)C)cc(C)c1CCNC(=O)CN1CCC(C(=O)O)C1. The Morgan fingerprint density at radius 1 is 1.23 bits per heavy atom.